The maximum absolute atomic E-state index is 13.2. The first-order valence-electron chi connectivity index (χ1n) is 14.1. The van der Waals surface area contributed by atoms with E-state index in [0.29, 0.717) is 22.6 Å². The number of anilines is 3. The normalized spacial score (nSPS) is 11.4. The van der Waals surface area contributed by atoms with E-state index in [1.165, 1.54) is 7.11 Å². The molecule has 0 amide bonds. The summed E-state index contributed by atoms with van der Waals surface area (Å²) in [7, 11) is 1.21. The molecule has 0 radical (unpaired) electrons. The van der Waals surface area contributed by atoms with Crippen LogP contribution in [0.5, 0.6) is 0 Å². The highest BCUT2D eigenvalue weighted by molar-refractivity contribution is 6.09. The van der Waals surface area contributed by atoms with E-state index in [4.69, 9.17) is 14.4 Å². The SMILES string of the molecule is CCOC(=O)ON=C(C)c1ccc(N(c2ccc(C(=O)c3cccc(C)c3)cc2)c2ccc(/C(C)=N/OC(=O)OC)cc2)cc1. The van der Waals surface area contributed by atoms with E-state index < -0.39 is 12.3 Å². The molecule has 0 spiro atoms. The van der Waals surface area contributed by atoms with E-state index in [9.17, 15) is 14.4 Å². The van der Waals surface area contributed by atoms with Crippen LogP contribution >= 0.6 is 0 Å². The molecular formula is C35H33N3O7. The van der Waals surface area contributed by atoms with Crippen LogP contribution in [0, 0.1) is 6.92 Å². The predicted molar refractivity (Wildman–Crippen MR) is 172 cm³/mol. The van der Waals surface area contributed by atoms with Crippen LogP contribution < -0.4 is 4.90 Å². The summed E-state index contributed by atoms with van der Waals surface area (Å²) in [5, 5.41) is 7.69. The van der Waals surface area contributed by atoms with Crippen LogP contribution in [-0.4, -0.2) is 43.2 Å². The van der Waals surface area contributed by atoms with Crippen molar-refractivity contribution in [2.45, 2.75) is 27.7 Å². The summed E-state index contributed by atoms with van der Waals surface area (Å²) in [6.45, 7) is 7.26. The quantitative estimate of drug-likeness (QED) is 0.0584. The Morgan fingerprint density at radius 2 is 1.11 bits per heavy atom. The zero-order chi connectivity index (χ0) is 32.3. The lowest BCUT2D eigenvalue weighted by atomic mass is 10.0. The van der Waals surface area contributed by atoms with E-state index in [0.717, 1.165) is 33.8 Å². The number of ketones is 1. The van der Waals surface area contributed by atoms with Gasteiger partial charge < -0.3 is 14.4 Å². The van der Waals surface area contributed by atoms with Crippen LogP contribution in [0.2, 0.25) is 0 Å². The fourth-order valence-electron chi connectivity index (χ4n) is 4.36. The molecule has 0 bridgehead atoms. The molecule has 0 fully saturated rings. The van der Waals surface area contributed by atoms with Crippen molar-refractivity contribution < 1.29 is 33.5 Å². The number of rotatable bonds is 10. The van der Waals surface area contributed by atoms with Gasteiger partial charge in [-0.15, -0.1) is 0 Å². The van der Waals surface area contributed by atoms with Gasteiger partial charge in [-0.3, -0.25) is 14.5 Å². The second-order valence-electron chi connectivity index (χ2n) is 9.85. The monoisotopic (exact) mass is 607 g/mol. The van der Waals surface area contributed by atoms with E-state index in [1.807, 2.05) is 96.8 Å². The van der Waals surface area contributed by atoms with Gasteiger partial charge in [-0.05, 0) is 93.4 Å². The Bertz CT molecular complexity index is 1710. The third kappa shape index (κ3) is 8.41. The molecule has 0 saturated carbocycles. The number of nitrogens with zero attached hydrogens (tertiary/aromatic N) is 3. The average molecular weight is 608 g/mol. The molecule has 4 aromatic rings. The number of carbonyl (C=O) groups excluding carboxylic acids is 3. The zero-order valence-electron chi connectivity index (χ0n) is 25.6. The Morgan fingerprint density at radius 1 is 0.644 bits per heavy atom. The summed E-state index contributed by atoms with van der Waals surface area (Å²) in [5.41, 5.74) is 7.14. The van der Waals surface area contributed by atoms with Crippen LogP contribution in [0.1, 0.15) is 53.4 Å². The first-order valence-corrected chi connectivity index (χ1v) is 14.1. The maximum Gasteiger partial charge on any atom is 0.535 e. The van der Waals surface area contributed by atoms with Crippen molar-refractivity contribution >= 4 is 46.6 Å². The molecule has 0 aliphatic rings. The first kappa shape index (κ1) is 32.2. The molecular weight excluding hydrogens is 574 g/mol. The molecule has 0 saturated heterocycles. The predicted octanol–water partition coefficient (Wildman–Crippen LogP) is 8.10. The van der Waals surface area contributed by atoms with Crippen LogP contribution in [0.15, 0.2) is 107 Å². The Balaban J connectivity index is 1.67. The van der Waals surface area contributed by atoms with Gasteiger partial charge in [0.1, 0.15) is 0 Å². The Morgan fingerprint density at radius 3 is 1.56 bits per heavy atom. The number of hydrogen-bond donors (Lipinski definition) is 0. The van der Waals surface area contributed by atoms with Crippen LogP contribution in [-0.2, 0) is 19.1 Å². The van der Waals surface area contributed by atoms with Crippen molar-refractivity contribution in [3.8, 4) is 0 Å². The van der Waals surface area contributed by atoms with Gasteiger partial charge in [0.15, 0.2) is 5.78 Å². The van der Waals surface area contributed by atoms with E-state index in [2.05, 4.69) is 15.0 Å². The van der Waals surface area contributed by atoms with Gasteiger partial charge in [0.25, 0.3) is 0 Å². The molecule has 0 heterocycles. The largest absolute Gasteiger partial charge is 0.535 e. The molecule has 0 aliphatic heterocycles. The number of methoxy groups -OCH3 is 1. The van der Waals surface area contributed by atoms with Crippen molar-refractivity contribution in [2.75, 3.05) is 18.6 Å². The molecule has 10 heteroatoms. The summed E-state index contributed by atoms with van der Waals surface area (Å²) in [5.74, 6) is -0.0609. The molecule has 10 nitrogen and oxygen atoms in total. The first-order chi connectivity index (χ1) is 21.7. The zero-order valence-corrected chi connectivity index (χ0v) is 25.6. The minimum atomic E-state index is -0.905. The van der Waals surface area contributed by atoms with E-state index >= 15 is 0 Å². The van der Waals surface area contributed by atoms with Gasteiger partial charge in [-0.2, -0.15) is 0 Å². The Labute approximate surface area is 261 Å². The fourth-order valence-corrected chi connectivity index (χ4v) is 4.36. The molecule has 0 unspecified atom stereocenters. The minimum Gasteiger partial charge on any atom is -0.436 e. The fraction of sp³-hybridized carbons (Fsp3) is 0.171. The lowest BCUT2D eigenvalue weighted by molar-refractivity contribution is 0.0613. The number of oxime groups is 2. The van der Waals surface area contributed by atoms with Crippen LogP contribution in [0.3, 0.4) is 0 Å². The second kappa shape index (κ2) is 15.1. The molecule has 0 N–H and O–H groups in total. The van der Waals surface area contributed by atoms with Crippen molar-refractivity contribution in [1.29, 1.82) is 0 Å². The molecule has 45 heavy (non-hydrogen) atoms. The van der Waals surface area contributed by atoms with Gasteiger partial charge in [0, 0.05) is 28.2 Å². The molecule has 4 rings (SSSR count). The minimum absolute atomic E-state index is 0.0609. The van der Waals surface area contributed by atoms with Crippen molar-refractivity contribution in [1.82, 2.24) is 0 Å². The summed E-state index contributed by atoms with van der Waals surface area (Å²) in [6, 6.07) is 30.0. The van der Waals surface area contributed by atoms with Gasteiger partial charge >= 0.3 is 12.3 Å². The van der Waals surface area contributed by atoms with Crippen molar-refractivity contribution in [3.05, 3.63) is 125 Å². The number of benzene rings is 4. The standard InChI is InChI=1S/C35H33N3O7/c1-6-43-35(41)45-37-25(4)27-12-18-31(19-13-27)38(30-16-10-26(11-17-30)24(3)36-44-34(40)42-5)32-20-14-28(15-21-32)33(39)29-9-7-8-23(2)22-29/h7-22H,6H2,1-5H3/b36-24+,37-25?. The van der Waals surface area contributed by atoms with Gasteiger partial charge in [-0.1, -0.05) is 58.3 Å². The third-order valence-electron chi connectivity index (χ3n) is 6.70. The highest BCUT2D eigenvalue weighted by Crippen LogP contribution is 2.35. The highest BCUT2D eigenvalue weighted by atomic mass is 16.8. The smallest absolute Gasteiger partial charge is 0.436 e. The van der Waals surface area contributed by atoms with Crippen LogP contribution in [0.25, 0.3) is 0 Å². The Hall–Kier alpha value is -5.77. The number of carbonyl (C=O) groups is 3. The lowest BCUT2D eigenvalue weighted by Crippen LogP contribution is -2.11. The van der Waals surface area contributed by atoms with Crippen molar-refractivity contribution in [3.63, 3.8) is 0 Å². The average Bonchev–Trinajstić information content (AvgIpc) is 3.06. The molecule has 0 aliphatic carbocycles. The third-order valence-corrected chi connectivity index (χ3v) is 6.70. The Kier molecular flexibility index (Phi) is 10.8. The summed E-state index contributed by atoms with van der Waals surface area (Å²) >= 11 is 0. The topological polar surface area (TPSA) is 116 Å². The van der Waals surface area contributed by atoms with Gasteiger partial charge in [0.05, 0.1) is 25.1 Å². The summed E-state index contributed by atoms with van der Waals surface area (Å²) < 4.78 is 9.22. The summed E-state index contributed by atoms with van der Waals surface area (Å²) in [6.07, 6.45) is -1.78. The maximum atomic E-state index is 13.2. The van der Waals surface area contributed by atoms with Crippen molar-refractivity contribution in [2.24, 2.45) is 10.3 Å². The molecule has 0 atom stereocenters. The van der Waals surface area contributed by atoms with Crippen LogP contribution in [0.4, 0.5) is 26.7 Å². The number of ether oxygens (including phenoxy) is 2. The van der Waals surface area contributed by atoms with E-state index in [-0.39, 0.29) is 12.4 Å². The number of aryl methyl sites for hydroxylation is 1. The highest BCUT2D eigenvalue weighted by Gasteiger charge is 2.16. The summed E-state index contributed by atoms with van der Waals surface area (Å²) in [4.78, 5) is 47.5. The van der Waals surface area contributed by atoms with Gasteiger partial charge in [-0.25, -0.2) is 9.59 Å². The van der Waals surface area contributed by atoms with Gasteiger partial charge in [0.2, 0.25) is 0 Å². The lowest BCUT2D eigenvalue weighted by Gasteiger charge is -2.26. The second-order valence-corrected chi connectivity index (χ2v) is 9.85. The molecule has 0 aromatic heterocycles. The molecule has 230 valence electrons. The molecule has 4 aromatic carbocycles. The number of hydrogen-bond acceptors (Lipinski definition) is 10. The van der Waals surface area contributed by atoms with E-state index in [1.54, 1.807) is 32.9 Å².